The summed E-state index contributed by atoms with van der Waals surface area (Å²) in [5.41, 5.74) is 4.97. The Hall–Kier alpha value is -3.07. The van der Waals surface area contributed by atoms with Gasteiger partial charge in [0.15, 0.2) is 5.76 Å². The maximum atomic E-state index is 12.5. The van der Waals surface area contributed by atoms with Crippen LogP contribution >= 0.6 is 0 Å². The van der Waals surface area contributed by atoms with Crippen LogP contribution in [-0.4, -0.2) is 10.4 Å². The molecule has 5 rings (SSSR count). The average Bonchev–Trinajstić information content (AvgIpc) is 3.21. The van der Waals surface area contributed by atoms with Gasteiger partial charge in [-0.05, 0) is 23.8 Å². The van der Waals surface area contributed by atoms with Gasteiger partial charge in [0.1, 0.15) is 5.75 Å². The van der Waals surface area contributed by atoms with E-state index in [4.69, 9.17) is 4.74 Å². The van der Waals surface area contributed by atoms with E-state index < -0.39 is 0 Å². The van der Waals surface area contributed by atoms with E-state index in [0.717, 1.165) is 28.8 Å². The predicted molar refractivity (Wildman–Crippen MR) is 90.5 cm³/mol. The second-order valence-corrected chi connectivity index (χ2v) is 5.82. The zero-order valence-corrected chi connectivity index (χ0v) is 12.4. The molecule has 0 saturated heterocycles. The fourth-order valence-electron chi connectivity index (χ4n) is 3.62. The highest BCUT2D eigenvalue weighted by Crippen LogP contribution is 2.44. The number of ketones is 1. The summed E-state index contributed by atoms with van der Waals surface area (Å²) in [6.07, 6.45) is 4.27. The van der Waals surface area contributed by atoms with Crippen molar-refractivity contribution >= 4 is 22.8 Å². The minimum Gasteiger partial charge on any atom is -0.453 e. The minimum atomic E-state index is -0.124. The van der Waals surface area contributed by atoms with Gasteiger partial charge in [0, 0.05) is 28.7 Å². The Morgan fingerprint density at radius 2 is 1.91 bits per heavy atom. The summed E-state index contributed by atoms with van der Waals surface area (Å²) in [6.45, 7) is 4.58. The van der Waals surface area contributed by atoms with Crippen molar-refractivity contribution in [2.45, 2.75) is 6.54 Å². The van der Waals surface area contributed by atoms with Gasteiger partial charge >= 0.3 is 0 Å². The zero-order valence-electron chi connectivity index (χ0n) is 12.4. The van der Waals surface area contributed by atoms with Crippen molar-refractivity contribution in [3.8, 4) is 16.9 Å². The Kier molecular flexibility index (Phi) is 2.29. The summed E-state index contributed by atoms with van der Waals surface area (Å²) in [5.74, 6) is 0.674. The fraction of sp³-hybridized carbons (Fsp3) is 0.0500. The molecule has 0 bridgehead atoms. The van der Waals surface area contributed by atoms with E-state index in [1.165, 1.54) is 5.52 Å². The monoisotopic (exact) mass is 299 g/mol. The van der Waals surface area contributed by atoms with Gasteiger partial charge in [0.05, 0.1) is 5.56 Å². The number of aromatic nitrogens is 1. The molecule has 3 nitrogen and oxygen atoms in total. The van der Waals surface area contributed by atoms with Gasteiger partial charge in [0.2, 0.25) is 5.78 Å². The van der Waals surface area contributed by atoms with Crippen LogP contribution in [0.1, 0.15) is 16.1 Å². The lowest BCUT2D eigenvalue weighted by Crippen LogP contribution is -1.98. The highest BCUT2D eigenvalue weighted by atomic mass is 16.5. The molecule has 2 aromatic carbocycles. The lowest BCUT2D eigenvalue weighted by Gasteiger charge is -2.06. The first-order valence-corrected chi connectivity index (χ1v) is 7.58. The first kappa shape index (κ1) is 12.5. The Labute approximate surface area is 133 Å². The van der Waals surface area contributed by atoms with E-state index in [0.29, 0.717) is 11.3 Å². The number of hydrogen-bond donors (Lipinski definition) is 0. The first-order valence-electron chi connectivity index (χ1n) is 7.58. The molecule has 0 unspecified atom stereocenters. The van der Waals surface area contributed by atoms with Crippen molar-refractivity contribution in [3.63, 3.8) is 0 Å². The number of carbonyl (C=O) groups is 1. The van der Waals surface area contributed by atoms with Gasteiger partial charge < -0.3 is 9.30 Å². The highest BCUT2D eigenvalue weighted by Gasteiger charge is 2.31. The fourth-order valence-corrected chi connectivity index (χ4v) is 3.62. The molecule has 3 heteroatoms. The predicted octanol–water partition coefficient (Wildman–Crippen LogP) is 4.42. The van der Waals surface area contributed by atoms with Crippen LogP contribution in [-0.2, 0) is 6.54 Å². The number of rotatable bonds is 1. The van der Waals surface area contributed by atoms with Crippen LogP contribution in [0.3, 0.4) is 0 Å². The number of nitrogens with zero attached hydrogens (tertiary/aromatic N) is 1. The lowest BCUT2D eigenvalue weighted by molar-refractivity contribution is 0.101. The zero-order chi connectivity index (χ0) is 15.6. The first-order chi connectivity index (χ1) is 11.3. The molecule has 0 fully saturated rings. The molecule has 3 aromatic rings. The third-order valence-electron chi connectivity index (χ3n) is 4.58. The molecular formula is C20H13NO2. The number of carbonyl (C=O) groups excluding carboxylic acids is 1. The van der Waals surface area contributed by atoms with E-state index in [1.54, 1.807) is 0 Å². The smallest absolute Gasteiger partial charge is 0.231 e. The summed E-state index contributed by atoms with van der Waals surface area (Å²) in [6, 6.07) is 14.1. The topological polar surface area (TPSA) is 31.2 Å². The normalized spacial score (nSPS) is 15.1. The van der Waals surface area contributed by atoms with Crippen LogP contribution in [0.4, 0.5) is 0 Å². The van der Waals surface area contributed by atoms with Crippen molar-refractivity contribution in [3.05, 3.63) is 72.1 Å². The summed E-state index contributed by atoms with van der Waals surface area (Å²) in [4.78, 5) is 12.5. The molecule has 0 aliphatic carbocycles. The van der Waals surface area contributed by atoms with Crippen molar-refractivity contribution in [2.24, 2.45) is 0 Å². The van der Waals surface area contributed by atoms with Gasteiger partial charge in [-0.1, -0.05) is 43.0 Å². The van der Waals surface area contributed by atoms with E-state index in [9.17, 15) is 4.79 Å². The van der Waals surface area contributed by atoms with Crippen LogP contribution in [0.5, 0.6) is 5.75 Å². The summed E-state index contributed by atoms with van der Waals surface area (Å²) in [7, 11) is 0. The molecule has 1 aromatic heterocycles. The van der Waals surface area contributed by atoms with E-state index in [1.807, 2.05) is 30.3 Å². The maximum Gasteiger partial charge on any atom is 0.231 e. The maximum absolute atomic E-state index is 12.5. The van der Waals surface area contributed by atoms with Crippen LogP contribution in [0.25, 0.3) is 28.1 Å². The number of para-hydroxylation sites is 1. The Balaban J connectivity index is 1.91. The molecule has 0 saturated carbocycles. The number of allylic oxidation sites excluding steroid dienone is 2. The number of Topliss-reactive ketones (excluding diaryl/α,β-unsaturated/α-hetero) is 1. The largest absolute Gasteiger partial charge is 0.453 e. The standard InChI is InChI=1S/C20H13NO2/c1-12-20(22)19-14(7-4-10-17(19)23-12)18-13-6-2-3-8-15(13)21-11-5-9-16(18)21/h2-10H,1,11H2. The Bertz CT molecular complexity index is 1050. The minimum absolute atomic E-state index is 0.124. The number of hydrogen-bond acceptors (Lipinski definition) is 2. The molecule has 0 atom stereocenters. The quantitative estimate of drug-likeness (QED) is 0.623. The molecule has 2 aliphatic heterocycles. The Morgan fingerprint density at radius 1 is 1.04 bits per heavy atom. The van der Waals surface area contributed by atoms with Crippen LogP contribution < -0.4 is 4.74 Å². The van der Waals surface area contributed by atoms with Gasteiger partial charge in [-0.25, -0.2) is 0 Å². The van der Waals surface area contributed by atoms with Gasteiger partial charge in [-0.15, -0.1) is 0 Å². The number of fused-ring (bicyclic) bond motifs is 4. The van der Waals surface area contributed by atoms with Gasteiger partial charge in [0.25, 0.3) is 0 Å². The molecule has 3 heterocycles. The van der Waals surface area contributed by atoms with Gasteiger partial charge in [-0.2, -0.15) is 0 Å². The van der Waals surface area contributed by atoms with Crippen molar-refractivity contribution in [2.75, 3.05) is 0 Å². The molecule has 0 spiro atoms. The number of ether oxygens (including phenoxy) is 1. The molecule has 0 N–H and O–H groups in total. The molecule has 2 aliphatic rings. The van der Waals surface area contributed by atoms with Crippen LogP contribution in [0, 0.1) is 0 Å². The summed E-state index contributed by atoms with van der Waals surface area (Å²) < 4.78 is 7.80. The molecule has 0 radical (unpaired) electrons. The molecule has 0 amide bonds. The molecular weight excluding hydrogens is 286 g/mol. The average molecular weight is 299 g/mol. The highest BCUT2D eigenvalue weighted by molar-refractivity contribution is 6.18. The summed E-state index contributed by atoms with van der Waals surface area (Å²) >= 11 is 0. The van der Waals surface area contributed by atoms with Crippen molar-refractivity contribution in [1.29, 1.82) is 0 Å². The summed E-state index contributed by atoms with van der Waals surface area (Å²) in [5, 5.41) is 1.16. The van der Waals surface area contributed by atoms with E-state index in [2.05, 4.69) is 35.4 Å². The van der Waals surface area contributed by atoms with E-state index >= 15 is 0 Å². The molecule has 23 heavy (non-hydrogen) atoms. The second kappa shape index (κ2) is 4.23. The third-order valence-corrected chi connectivity index (χ3v) is 4.58. The third kappa shape index (κ3) is 1.51. The molecule has 110 valence electrons. The second-order valence-electron chi connectivity index (χ2n) is 5.82. The Morgan fingerprint density at radius 3 is 2.83 bits per heavy atom. The van der Waals surface area contributed by atoms with Crippen LogP contribution in [0.15, 0.2) is 60.9 Å². The van der Waals surface area contributed by atoms with Crippen molar-refractivity contribution < 1.29 is 9.53 Å². The SMILES string of the molecule is C=C1Oc2cccc(-c3c4n(c5ccccc35)CC=C4)c2C1=O. The van der Waals surface area contributed by atoms with Crippen molar-refractivity contribution in [1.82, 2.24) is 4.57 Å². The van der Waals surface area contributed by atoms with E-state index in [-0.39, 0.29) is 11.5 Å². The number of benzene rings is 2. The van der Waals surface area contributed by atoms with Crippen LogP contribution in [0.2, 0.25) is 0 Å². The van der Waals surface area contributed by atoms with Gasteiger partial charge in [-0.3, -0.25) is 4.79 Å². The lowest BCUT2D eigenvalue weighted by atomic mass is 9.94.